The minimum absolute atomic E-state index is 0.0763. The molecule has 0 fully saturated rings. The minimum atomic E-state index is -1.47. The van der Waals surface area contributed by atoms with Crippen LogP contribution in [0.5, 0.6) is 0 Å². The zero-order valence-electron chi connectivity index (χ0n) is 6.77. The highest BCUT2D eigenvalue weighted by atomic mass is 19.1. The largest absolute Gasteiger partial charge is 0.479 e. The van der Waals surface area contributed by atoms with Gasteiger partial charge in [-0.2, -0.15) is 0 Å². The number of benzene rings is 1. The summed E-state index contributed by atoms with van der Waals surface area (Å²) < 4.78 is 12.6. The number of aliphatic hydroxyl groups is 1. The maximum absolute atomic E-state index is 12.6. The first-order valence-electron chi connectivity index (χ1n) is 3.75. The van der Waals surface area contributed by atoms with Crippen molar-refractivity contribution in [1.82, 2.24) is 0 Å². The molecule has 1 atom stereocenters. The van der Waals surface area contributed by atoms with E-state index in [-0.39, 0.29) is 6.42 Å². The van der Waals surface area contributed by atoms with Gasteiger partial charge in [-0.15, -0.1) is 0 Å². The van der Waals surface area contributed by atoms with E-state index >= 15 is 0 Å². The predicted molar refractivity (Wildman–Crippen MR) is 43.7 cm³/mol. The van der Waals surface area contributed by atoms with E-state index in [2.05, 4.69) is 0 Å². The van der Waals surface area contributed by atoms with E-state index in [1.54, 1.807) is 6.07 Å². The number of halogens is 1. The summed E-state index contributed by atoms with van der Waals surface area (Å²) in [6, 6.07) is 5.50. The number of rotatable bonds is 3. The third kappa shape index (κ3) is 2.83. The van der Waals surface area contributed by atoms with Crippen molar-refractivity contribution in [2.24, 2.45) is 0 Å². The van der Waals surface area contributed by atoms with E-state index in [0.717, 1.165) is 0 Å². The highest BCUT2D eigenvalue weighted by molar-refractivity contribution is 5.72. The molecule has 2 N–H and O–H groups in total. The molecule has 0 aliphatic rings. The van der Waals surface area contributed by atoms with E-state index in [1.165, 1.54) is 18.2 Å². The Labute approximate surface area is 74.4 Å². The monoisotopic (exact) mass is 184 g/mol. The molecule has 13 heavy (non-hydrogen) atoms. The van der Waals surface area contributed by atoms with Crippen LogP contribution in [0.3, 0.4) is 0 Å². The lowest BCUT2D eigenvalue weighted by Crippen LogP contribution is -2.21. The average Bonchev–Trinajstić information content (AvgIpc) is 2.04. The summed E-state index contributed by atoms with van der Waals surface area (Å²) in [5.41, 5.74) is 0.468. The second-order valence-corrected chi connectivity index (χ2v) is 2.69. The number of aliphatic carboxylic acids is 1. The Hall–Kier alpha value is -1.42. The van der Waals surface area contributed by atoms with Gasteiger partial charge in [-0.3, -0.25) is 0 Å². The second-order valence-electron chi connectivity index (χ2n) is 2.69. The van der Waals surface area contributed by atoms with Crippen molar-refractivity contribution in [2.75, 3.05) is 0 Å². The van der Waals surface area contributed by atoms with Gasteiger partial charge >= 0.3 is 5.97 Å². The number of carboxylic acids is 1. The summed E-state index contributed by atoms with van der Waals surface area (Å²) in [5.74, 6) is -1.74. The number of carboxylic acid groups (broad SMARTS) is 1. The molecule has 3 nitrogen and oxygen atoms in total. The van der Waals surface area contributed by atoms with E-state index in [1.807, 2.05) is 0 Å². The van der Waals surface area contributed by atoms with Gasteiger partial charge in [0.2, 0.25) is 0 Å². The summed E-state index contributed by atoms with van der Waals surface area (Å²) in [5, 5.41) is 17.3. The molecule has 1 aromatic carbocycles. The van der Waals surface area contributed by atoms with Crippen LogP contribution < -0.4 is 0 Å². The van der Waals surface area contributed by atoms with Gasteiger partial charge in [-0.25, -0.2) is 9.18 Å². The predicted octanol–water partition coefficient (Wildman–Crippen LogP) is 0.814. The lowest BCUT2D eigenvalue weighted by Gasteiger charge is -2.04. The van der Waals surface area contributed by atoms with Crippen LogP contribution in [0.1, 0.15) is 5.56 Å². The van der Waals surface area contributed by atoms with E-state index < -0.39 is 17.9 Å². The Morgan fingerprint density at radius 3 is 2.77 bits per heavy atom. The Morgan fingerprint density at radius 2 is 2.23 bits per heavy atom. The highest BCUT2D eigenvalue weighted by Gasteiger charge is 2.13. The number of hydrogen-bond donors (Lipinski definition) is 2. The fourth-order valence-electron chi connectivity index (χ4n) is 0.975. The van der Waals surface area contributed by atoms with Crippen LogP contribution in [0.2, 0.25) is 0 Å². The van der Waals surface area contributed by atoms with Gasteiger partial charge in [0.25, 0.3) is 0 Å². The summed E-state index contributed by atoms with van der Waals surface area (Å²) >= 11 is 0. The molecular formula is C9H9FO3. The standard InChI is InChI=1S/C9H9FO3/c10-7-3-1-2-6(4-7)5-8(11)9(12)13/h1-4,8,11H,5H2,(H,12,13). The van der Waals surface area contributed by atoms with Gasteiger partial charge in [0.15, 0.2) is 6.10 Å². The normalized spacial score (nSPS) is 12.5. The van der Waals surface area contributed by atoms with Gasteiger partial charge in [0.1, 0.15) is 5.82 Å². The number of aliphatic hydroxyl groups excluding tert-OH is 1. The van der Waals surface area contributed by atoms with Gasteiger partial charge in [-0.1, -0.05) is 12.1 Å². The molecule has 0 aliphatic carbocycles. The lowest BCUT2D eigenvalue weighted by molar-refractivity contribution is -0.146. The first-order chi connectivity index (χ1) is 6.09. The molecule has 4 heteroatoms. The zero-order valence-corrected chi connectivity index (χ0v) is 6.77. The molecule has 70 valence electrons. The molecule has 0 saturated carbocycles. The Kier molecular flexibility index (Phi) is 2.97. The van der Waals surface area contributed by atoms with Crippen molar-refractivity contribution in [3.05, 3.63) is 35.6 Å². The zero-order chi connectivity index (χ0) is 9.84. The summed E-state index contributed by atoms with van der Waals surface area (Å²) in [6.07, 6.45) is -1.55. The highest BCUT2D eigenvalue weighted by Crippen LogP contribution is 2.06. The maximum Gasteiger partial charge on any atom is 0.332 e. The van der Waals surface area contributed by atoms with E-state index in [9.17, 15) is 9.18 Å². The van der Waals surface area contributed by atoms with Crippen molar-refractivity contribution in [1.29, 1.82) is 0 Å². The molecule has 1 aromatic rings. The third-order valence-corrected chi connectivity index (χ3v) is 1.60. The average molecular weight is 184 g/mol. The van der Waals surface area contributed by atoms with Crippen molar-refractivity contribution < 1.29 is 19.4 Å². The molecule has 0 saturated heterocycles. The topological polar surface area (TPSA) is 57.5 Å². The molecule has 0 aliphatic heterocycles. The van der Waals surface area contributed by atoms with E-state index in [4.69, 9.17) is 10.2 Å². The molecule has 0 radical (unpaired) electrons. The lowest BCUT2D eigenvalue weighted by atomic mass is 10.1. The van der Waals surface area contributed by atoms with Gasteiger partial charge in [0.05, 0.1) is 0 Å². The van der Waals surface area contributed by atoms with Gasteiger partial charge < -0.3 is 10.2 Å². The minimum Gasteiger partial charge on any atom is -0.479 e. The molecule has 1 rings (SSSR count). The van der Waals surface area contributed by atoms with Crippen molar-refractivity contribution >= 4 is 5.97 Å². The molecule has 0 spiro atoms. The number of hydrogen-bond acceptors (Lipinski definition) is 2. The summed E-state index contributed by atoms with van der Waals surface area (Å²) in [7, 11) is 0. The fourth-order valence-corrected chi connectivity index (χ4v) is 0.975. The van der Waals surface area contributed by atoms with Crippen LogP contribution in [0.15, 0.2) is 24.3 Å². The third-order valence-electron chi connectivity index (χ3n) is 1.60. The quantitative estimate of drug-likeness (QED) is 0.730. The SMILES string of the molecule is O=C(O)C(O)Cc1cccc(F)c1. The fraction of sp³-hybridized carbons (Fsp3) is 0.222. The molecule has 0 aromatic heterocycles. The molecule has 0 bridgehead atoms. The van der Waals surface area contributed by atoms with Crippen molar-refractivity contribution in [2.45, 2.75) is 12.5 Å². The Balaban J connectivity index is 2.69. The number of carbonyl (C=O) groups is 1. The van der Waals surface area contributed by atoms with Crippen LogP contribution in [-0.2, 0) is 11.2 Å². The van der Waals surface area contributed by atoms with Crippen LogP contribution in [0.4, 0.5) is 4.39 Å². The van der Waals surface area contributed by atoms with Gasteiger partial charge in [-0.05, 0) is 17.7 Å². The summed E-state index contributed by atoms with van der Waals surface area (Å²) in [4.78, 5) is 10.2. The van der Waals surface area contributed by atoms with Crippen LogP contribution >= 0.6 is 0 Å². The molecule has 1 unspecified atom stereocenters. The molecule has 0 amide bonds. The Morgan fingerprint density at radius 1 is 1.54 bits per heavy atom. The molecule has 0 heterocycles. The maximum atomic E-state index is 12.6. The first kappa shape index (κ1) is 9.67. The van der Waals surface area contributed by atoms with E-state index in [0.29, 0.717) is 5.56 Å². The van der Waals surface area contributed by atoms with Crippen LogP contribution in [0.25, 0.3) is 0 Å². The first-order valence-corrected chi connectivity index (χ1v) is 3.75. The van der Waals surface area contributed by atoms with Crippen LogP contribution in [0, 0.1) is 5.82 Å². The Bertz CT molecular complexity index is 311. The summed E-state index contributed by atoms with van der Waals surface area (Å²) in [6.45, 7) is 0. The van der Waals surface area contributed by atoms with Crippen LogP contribution in [-0.4, -0.2) is 22.3 Å². The van der Waals surface area contributed by atoms with Crippen molar-refractivity contribution in [3.63, 3.8) is 0 Å². The van der Waals surface area contributed by atoms with Crippen molar-refractivity contribution in [3.8, 4) is 0 Å². The second kappa shape index (κ2) is 4.00. The smallest absolute Gasteiger partial charge is 0.332 e. The molecular weight excluding hydrogens is 175 g/mol. The van der Waals surface area contributed by atoms with Gasteiger partial charge in [0, 0.05) is 6.42 Å².